The Morgan fingerprint density at radius 1 is 1.13 bits per heavy atom. The van der Waals surface area contributed by atoms with E-state index in [4.69, 9.17) is 16.3 Å². The number of aromatic nitrogens is 2. The molecule has 1 aromatic carbocycles. The Balaban J connectivity index is 1.50. The third-order valence-electron chi connectivity index (χ3n) is 5.44. The molecule has 9 heteroatoms. The van der Waals surface area contributed by atoms with Gasteiger partial charge in [0.2, 0.25) is 5.91 Å². The van der Waals surface area contributed by atoms with E-state index in [1.807, 2.05) is 43.0 Å². The molecule has 168 valence electrons. The van der Waals surface area contributed by atoms with Crippen LogP contribution in [0.1, 0.15) is 28.2 Å². The molecule has 1 aliphatic rings. The monoisotopic (exact) mass is 447 g/mol. The van der Waals surface area contributed by atoms with Crippen molar-refractivity contribution in [2.75, 3.05) is 53.0 Å². The van der Waals surface area contributed by atoms with E-state index in [0.29, 0.717) is 56.5 Å². The van der Waals surface area contributed by atoms with Gasteiger partial charge in [0.05, 0.1) is 28.6 Å². The number of hydrogen-bond donors (Lipinski definition) is 1. The lowest BCUT2D eigenvalue weighted by atomic mass is 10.1. The first-order valence-electron chi connectivity index (χ1n) is 10.5. The zero-order valence-corrected chi connectivity index (χ0v) is 19.1. The molecule has 0 aliphatic carbocycles. The van der Waals surface area contributed by atoms with E-state index in [9.17, 15) is 9.59 Å². The average molecular weight is 448 g/mol. The highest BCUT2D eigenvalue weighted by Gasteiger charge is 2.23. The Labute approximate surface area is 188 Å². The van der Waals surface area contributed by atoms with Crippen molar-refractivity contribution in [3.05, 3.63) is 46.2 Å². The van der Waals surface area contributed by atoms with Gasteiger partial charge in [-0.1, -0.05) is 11.6 Å². The van der Waals surface area contributed by atoms with E-state index in [-0.39, 0.29) is 11.8 Å². The maximum atomic E-state index is 12.9. The molecule has 8 nitrogen and oxygen atoms in total. The number of ether oxygens (including phenoxy) is 1. The molecule has 0 radical (unpaired) electrons. The third kappa shape index (κ3) is 5.84. The fraction of sp³-hybridized carbons (Fsp3) is 0.500. The summed E-state index contributed by atoms with van der Waals surface area (Å²) in [6, 6.07) is 7.41. The molecule has 0 bridgehead atoms. The van der Waals surface area contributed by atoms with Gasteiger partial charge in [-0.25, -0.2) is 4.68 Å². The van der Waals surface area contributed by atoms with Crippen LogP contribution in [0.3, 0.4) is 0 Å². The number of carbonyl (C=O) groups is 2. The molecule has 2 heterocycles. The maximum Gasteiger partial charge on any atom is 0.253 e. The maximum absolute atomic E-state index is 12.9. The number of piperazine rings is 1. The van der Waals surface area contributed by atoms with Crippen LogP contribution in [-0.2, 0) is 9.53 Å². The molecular weight excluding hydrogens is 418 g/mol. The van der Waals surface area contributed by atoms with Crippen LogP contribution < -0.4 is 5.32 Å². The average Bonchev–Trinajstić information content (AvgIpc) is 3.04. The molecule has 0 spiro atoms. The van der Waals surface area contributed by atoms with Crippen molar-refractivity contribution in [3.8, 4) is 5.69 Å². The van der Waals surface area contributed by atoms with Crippen LogP contribution >= 0.6 is 11.6 Å². The van der Waals surface area contributed by atoms with E-state index in [1.165, 1.54) is 0 Å². The Morgan fingerprint density at radius 3 is 2.39 bits per heavy atom. The number of methoxy groups -OCH3 is 1. The van der Waals surface area contributed by atoms with Crippen molar-refractivity contribution in [1.82, 2.24) is 24.9 Å². The number of rotatable bonds is 8. The van der Waals surface area contributed by atoms with Crippen molar-refractivity contribution in [3.63, 3.8) is 0 Å². The molecule has 1 aromatic heterocycles. The summed E-state index contributed by atoms with van der Waals surface area (Å²) in [5.41, 5.74) is 3.16. The summed E-state index contributed by atoms with van der Waals surface area (Å²) >= 11 is 6.23. The number of nitrogens with one attached hydrogen (secondary N) is 1. The summed E-state index contributed by atoms with van der Waals surface area (Å²) in [6.07, 6.45) is 0.802. The van der Waals surface area contributed by atoms with Gasteiger partial charge < -0.3 is 15.0 Å². The summed E-state index contributed by atoms with van der Waals surface area (Å²) in [5, 5.41) is 8.00. The van der Waals surface area contributed by atoms with Crippen LogP contribution in [0.15, 0.2) is 24.3 Å². The quantitative estimate of drug-likeness (QED) is 0.626. The molecule has 2 aromatic rings. The Kier molecular flexibility index (Phi) is 8.06. The number of halogens is 1. The second kappa shape index (κ2) is 10.7. The van der Waals surface area contributed by atoms with Crippen LogP contribution in [0.2, 0.25) is 5.02 Å². The molecule has 0 saturated carbocycles. The van der Waals surface area contributed by atoms with Gasteiger partial charge in [0.25, 0.3) is 5.91 Å². The van der Waals surface area contributed by atoms with E-state index >= 15 is 0 Å². The minimum atomic E-state index is 0.00150. The lowest BCUT2D eigenvalue weighted by Crippen LogP contribution is -2.51. The number of aryl methyl sites for hydroxylation is 1. The van der Waals surface area contributed by atoms with E-state index in [1.54, 1.807) is 11.8 Å². The second-order valence-electron chi connectivity index (χ2n) is 7.71. The van der Waals surface area contributed by atoms with Crippen LogP contribution in [0.5, 0.6) is 0 Å². The van der Waals surface area contributed by atoms with E-state index in [0.717, 1.165) is 23.5 Å². The standard InChI is InChI=1S/C22H30ClN5O3/c1-16-21(23)17(2)28(25-16)19-7-5-18(6-8-19)22(30)27-12-10-26(11-13-27)15-20(29)24-9-4-14-31-3/h5-8H,4,9-15H2,1-3H3,(H,24,29). The first-order valence-corrected chi connectivity index (χ1v) is 10.9. The molecular formula is C22H30ClN5O3. The van der Waals surface area contributed by atoms with Gasteiger partial charge in [-0.2, -0.15) is 5.10 Å². The van der Waals surface area contributed by atoms with Crippen molar-refractivity contribution < 1.29 is 14.3 Å². The van der Waals surface area contributed by atoms with Gasteiger partial charge in [-0.3, -0.25) is 14.5 Å². The highest BCUT2D eigenvalue weighted by atomic mass is 35.5. The van der Waals surface area contributed by atoms with Crippen molar-refractivity contribution >= 4 is 23.4 Å². The van der Waals surface area contributed by atoms with Crippen LogP contribution in [-0.4, -0.2) is 84.4 Å². The first kappa shape index (κ1) is 23.2. The van der Waals surface area contributed by atoms with E-state index < -0.39 is 0 Å². The fourth-order valence-corrected chi connectivity index (χ4v) is 3.73. The molecule has 31 heavy (non-hydrogen) atoms. The van der Waals surface area contributed by atoms with Crippen molar-refractivity contribution in [1.29, 1.82) is 0 Å². The van der Waals surface area contributed by atoms with Crippen LogP contribution in [0, 0.1) is 13.8 Å². The van der Waals surface area contributed by atoms with Gasteiger partial charge in [0.1, 0.15) is 0 Å². The fourth-order valence-electron chi connectivity index (χ4n) is 3.62. The number of hydrogen-bond acceptors (Lipinski definition) is 5. The smallest absolute Gasteiger partial charge is 0.253 e. The SMILES string of the molecule is COCCCNC(=O)CN1CCN(C(=O)c2ccc(-n3nc(C)c(Cl)c3C)cc2)CC1. The normalized spacial score (nSPS) is 14.6. The number of carbonyl (C=O) groups excluding carboxylic acids is 2. The van der Waals surface area contributed by atoms with Crippen LogP contribution in [0.25, 0.3) is 5.69 Å². The number of amides is 2. The summed E-state index contributed by atoms with van der Waals surface area (Å²) in [4.78, 5) is 28.8. The minimum absolute atomic E-state index is 0.00150. The Hall–Kier alpha value is -2.42. The lowest BCUT2D eigenvalue weighted by molar-refractivity contribution is -0.122. The zero-order chi connectivity index (χ0) is 22.4. The minimum Gasteiger partial charge on any atom is -0.385 e. The Bertz CT molecular complexity index is 905. The topological polar surface area (TPSA) is 79.7 Å². The first-order chi connectivity index (χ1) is 14.9. The van der Waals surface area contributed by atoms with Crippen LogP contribution in [0.4, 0.5) is 0 Å². The predicted octanol–water partition coefficient (Wildman–Crippen LogP) is 2.05. The summed E-state index contributed by atoms with van der Waals surface area (Å²) < 4.78 is 6.76. The molecule has 1 aliphatic heterocycles. The Morgan fingerprint density at radius 2 is 1.81 bits per heavy atom. The lowest BCUT2D eigenvalue weighted by Gasteiger charge is -2.34. The molecule has 3 rings (SSSR count). The molecule has 0 atom stereocenters. The molecule has 1 fully saturated rings. The largest absolute Gasteiger partial charge is 0.385 e. The zero-order valence-electron chi connectivity index (χ0n) is 18.4. The van der Waals surface area contributed by atoms with Gasteiger partial charge >= 0.3 is 0 Å². The second-order valence-corrected chi connectivity index (χ2v) is 8.09. The molecule has 1 saturated heterocycles. The molecule has 1 N–H and O–H groups in total. The van der Waals surface area contributed by atoms with Gasteiger partial charge in [-0.05, 0) is 44.5 Å². The van der Waals surface area contributed by atoms with E-state index in [2.05, 4.69) is 15.3 Å². The van der Waals surface area contributed by atoms with Gasteiger partial charge in [0, 0.05) is 52.0 Å². The predicted molar refractivity (Wildman–Crippen MR) is 120 cm³/mol. The molecule has 2 amide bonds. The van der Waals surface area contributed by atoms with Gasteiger partial charge in [0.15, 0.2) is 0 Å². The highest BCUT2D eigenvalue weighted by molar-refractivity contribution is 6.31. The summed E-state index contributed by atoms with van der Waals surface area (Å²) in [5.74, 6) is 0.0114. The van der Waals surface area contributed by atoms with Crippen molar-refractivity contribution in [2.45, 2.75) is 20.3 Å². The molecule has 0 unspecified atom stereocenters. The summed E-state index contributed by atoms with van der Waals surface area (Å²) in [6.45, 7) is 7.96. The number of nitrogens with zero attached hydrogens (tertiary/aromatic N) is 4. The third-order valence-corrected chi connectivity index (χ3v) is 5.98. The van der Waals surface area contributed by atoms with Gasteiger partial charge in [-0.15, -0.1) is 0 Å². The van der Waals surface area contributed by atoms with Crippen molar-refractivity contribution in [2.24, 2.45) is 0 Å². The number of benzene rings is 1. The summed E-state index contributed by atoms with van der Waals surface area (Å²) in [7, 11) is 1.65. The highest BCUT2D eigenvalue weighted by Crippen LogP contribution is 2.22.